The van der Waals surface area contributed by atoms with E-state index in [1.54, 1.807) is 16.8 Å². The van der Waals surface area contributed by atoms with E-state index in [2.05, 4.69) is 37.1 Å². The topological polar surface area (TPSA) is 136 Å². The fourth-order valence-electron chi connectivity index (χ4n) is 7.33. The number of likely N-dealkylation sites (tertiary alicyclic amines) is 2. The second kappa shape index (κ2) is 14.9. The first kappa shape index (κ1) is 37.3. The van der Waals surface area contributed by atoms with Crippen molar-refractivity contribution in [3.8, 4) is 0 Å². The number of nitrogens with zero attached hydrogens (tertiary/aromatic N) is 6. The van der Waals surface area contributed by atoms with Gasteiger partial charge in [-0.05, 0) is 119 Å². The number of anilines is 1. The lowest BCUT2D eigenvalue weighted by atomic mass is 10.0. The van der Waals surface area contributed by atoms with E-state index in [0.717, 1.165) is 86.0 Å². The fourth-order valence-corrected chi connectivity index (χ4v) is 7.33. The maximum Gasteiger partial charge on any atom is 0.419 e. The van der Waals surface area contributed by atoms with Crippen LogP contribution in [0.1, 0.15) is 107 Å². The standard InChI is InChI=1S/C39H54N8O5/c1-25-29-13-12-26(21-32(29)47(43-25)28-14-19-45(20-15-28)18-10-16-40-36(49)51-38(2,3)4)35(48)42-34-23-31-27(24-41-34)22-33(30-11-9-17-44(30)8)46(31)37(50)52-39(5,6)7/h12-13,21-24,28,30H,9-11,14-20H2,1-8H3,(H,40,49)(H,41,42,48)/t30-/m1/s1. The summed E-state index contributed by atoms with van der Waals surface area (Å²) in [6.45, 7) is 17.4. The molecule has 2 saturated heterocycles. The maximum atomic E-state index is 13.7. The molecule has 2 aliphatic rings. The zero-order chi connectivity index (χ0) is 37.4. The van der Waals surface area contributed by atoms with E-state index in [0.29, 0.717) is 23.4 Å². The van der Waals surface area contributed by atoms with E-state index in [9.17, 15) is 14.4 Å². The number of carbonyl (C=O) groups excluding carboxylic acids is 3. The summed E-state index contributed by atoms with van der Waals surface area (Å²) in [5, 5.41) is 12.6. The number of fused-ring (bicyclic) bond motifs is 2. The van der Waals surface area contributed by atoms with E-state index in [1.807, 2.05) is 72.7 Å². The molecule has 0 saturated carbocycles. The average Bonchev–Trinajstić information content (AvgIpc) is 3.76. The summed E-state index contributed by atoms with van der Waals surface area (Å²) in [6.07, 6.45) is 5.59. The second-order valence-corrected chi connectivity index (χ2v) is 16.2. The van der Waals surface area contributed by atoms with Crippen molar-refractivity contribution in [3.05, 3.63) is 53.5 Å². The Balaban J connectivity index is 1.15. The van der Waals surface area contributed by atoms with Gasteiger partial charge in [-0.15, -0.1) is 0 Å². The molecule has 0 radical (unpaired) electrons. The zero-order valence-electron chi connectivity index (χ0n) is 31.9. The van der Waals surface area contributed by atoms with Crippen molar-refractivity contribution in [3.63, 3.8) is 0 Å². The van der Waals surface area contributed by atoms with Gasteiger partial charge in [0.2, 0.25) is 0 Å². The summed E-state index contributed by atoms with van der Waals surface area (Å²) < 4.78 is 14.9. The van der Waals surface area contributed by atoms with Gasteiger partial charge in [0, 0.05) is 53.9 Å². The summed E-state index contributed by atoms with van der Waals surface area (Å²) >= 11 is 0. The van der Waals surface area contributed by atoms with Crippen molar-refractivity contribution in [2.75, 3.05) is 45.1 Å². The third kappa shape index (κ3) is 8.58. The highest BCUT2D eigenvalue weighted by atomic mass is 16.6. The quantitative estimate of drug-likeness (QED) is 0.184. The highest BCUT2D eigenvalue weighted by Crippen LogP contribution is 2.35. The van der Waals surface area contributed by atoms with E-state index < -0.39 is 17.3 Å². The van der Waals surface area contributed by atoms with Crippen LogP contribution in [0.25, 0.3) is 21.8 Å². The van der Waals surface area contributed by atoms with Crippen LogP contribution < -0.4 is 10.6 Å². The third-order valence-electron chi connectivity index (χ3n) is 9.77. The number of aromatic nitrogens is 4. The van der Waals surface area contributed by atoms with Gasteiger partial charge in [-0.1, -0.05) is 6.07 Å². The SMILES string of the molecule is Cc1nn(C2CCN(CCCNC(=O)OC(C)(C)C)CC2)c2cc(C(=O)Nc3cc4c(cn3)cc([C@H]3CCCN3C)n4C(=O)OC(C)(C)C)ccc12. The molecule has 0 bridgehead atoms. The number of nitrogens with one attached hydrogen (secondary N) is 2. The van der Waals surface area contributed by atoms with Gasteiger partial charge in [0.05, 0.1) is 28.8 Å². The van der Waals surface area contributed by atoms with Gasteiger partial charge in [-0.2, -0.15) is 5.10 Å². The Morgan fingerprint density at radius 2 is 1.65 bits per heavy atom. The van der Waals surface area contributed by atoms with Crippen LogP contribution in [0.3, 0.4) is 0 Å². The van der Waals surface area contributed by atoms with Crippen LogP contribution in [-0.4, -0.2) is 98.2 Å². The molecule has 0 unspecified atom stereocenters. The van der Waals surface area contributed by atoms with Crippen LogP contribution in [0.15, 0.2) is 36.5 Å². The molecule has 13 heteroatoms. The number of hydrogen-bond donors (Lipinski definition) is 2. The molecule has 2 N–H and O–H groups in total. The fraction of sp³-hybridized carbons (Fsp3) is 0.564. The van der Waals surface area contributed by atoms with Gasteiger partial charge >= 0.3 is 12.2 Å². The molecule has 280 valence electrons. The summed E-state index contributed by atoms with van der Waals surface area (Å²) in [5.74, 6) is 0.0604. The summed E-state index contributed by atoms with van der Waals surface area (Å²) in [7, 11) is 2.07. The summed E-state index contributed by atoms with van der Waals surface area (Å²) in [5.41, 5.74) is 2.69. The van der Waals surface area contributed by atoms with Crippen molar-refractivity contribution < 1.29 is 23.9 Å². The van der Waals surface area contributed by atoms with Crippen LogP contribution >= 0.6 is 0 Å². The molecule has 2 fully saturated rings. The van der Waals surface area contributed by atoms with E-state index in [1.165, 1.54) is 0 Å². The smallest absolute Gasteiger partial charge is 0.419 e. The Bertz CT molecular complexity index is 1940. The molecule has 2 amide bonds. The highest BCUT2D eigenvalue weighted by molar-refractivity contribution is 6.06. The molecular weight excluding hydrogens is 660 g/mol. The molecule has 1 atom stereocenters. The van der Waals surface area contributed by atoms with Crippen molar-refractivity contribution >= 4 is 45.7 Å². The number of carbonyl (C=O) groups is 3. The number of pyridine rings is 1. The molecule has 6 rings (SSSR count). The molecule has 52 heavy (non-hydrogen) atoms. The summed E-state index contributed by atoms with van der Waals surface area (Å²) in [4.78, 5) is 48.5. The number of aryl methyl sites for hydroxylation is 1. The zero-order valence-corrected chi connectivity index (χ0v) is 31.9. The van der Waals surface area contributed by atoms with Crippen LogP contribution in [0.2, 0.25) is 0 Å². The van der Waals surface area contributed by atoms with Gasteiger partial charge in [0.1, 0.15) is 17.0 Å². The van der Waals surface area contributed by atoms with Crippen LogP contribution in [0, 0.1) is 6.92 Å². The van der Waals surface area contributed by atoms with Crippen molar-refractivity contribution in [2.45, 2.75) is 104 Å². The number of amides is 2. The predicted molar refractivity (Wildman–Crippen MR) is 202 cm³/mol. The average molecular weight is 715 g/mol. The second-order valence-electron chi connectivity index (χ2n) is 16.2. The Hall–Kier alpha value is -4.49. The molecule has 1 aromatic carbocycles. The van der Waals surface area contributed by atoms with Gasteiger partial charge in [0.15, 0.2) is 0 Å². The van der Waals surface area contributed by atoms with E-state index in [-0.39, 0.29) is 24.1 Å². The Kier molecular flexibility index (Phi) is 10.7. The molecule has 3 aromatic heterocycles. The molecule has 5 heterocycles. The third-order valence-corrected chi connectivity index (χ3v) is 9.77. The minimum atomic E-state index is -0.667. The molecule has 4 aromatic rings. The van der Waals surface area contributed by atoms with E-state index >= 15 is 0 Å². The van der Waals surface area contributed by atoms with Gasteiger partial charge in [0.25, 0.3) is 5.91 Å². The molecule has 2 aliphatic heterocycles. The molecule has 13 nitrogen and oxygen atoms in total. The highest BCUT2D eigenvalue weighted by Gasteiger charge is 2.31. The van der Waals surface area contributed by atoms with E-state index in [4.69, 9.17) is 14.6 Å². The number of rotatable bonds is 8. The van der Waals surface area contributed by atoms with Crippen LogP contribution in [0.5, 0.6) is 0 Å². The first-order valence-corrected chi connectivity index (χ1v) is 18.5. The lowest BCUT2D eigenvalue weighted by molar-refractivity contribution is 0.0517. The number of ether oxygens (including phenoxy) is 2. The number of alkyl carbamates (subject to hydrolysis) is 1. The minimum Gasteiger partial charge on any atom is -0.444 e. The lowest BCUT2D eigenvalue weighted by Gasteiger charge is -2.32. The Morgan fingerprint density at radius 3 is 2.33 bits per heavy atom. The largest absolute Gasteiger partial charge is 0.444 e. The van der Waals surface area contributed by atoms with Gasteiger partial charge in [-0.25, -0.2) is 19.1 Å². The Morgan fingerprint density at radius 1 is 0.923 bits per heavy atom. The van der Waals surface area contributed by atoms with Crippen LogP contribution in [0.4, 0.5) is 15.4 Å². The van der Waals surface area contributed by atoms with Crippen molar-refractivity contribution in [1.29, 1.82) is 0 Å². The maximum absolute atomic E-state index is 13.7. The first-order chi connectivity index (χ1) is 24.6. The lowest BCUT2D eigenvalue weighted by Crippen LogP contribution is -2.37. The molecule has 0 spiro atoms. The summed E-state index contributed by atoms with van der Waals surface area (Å²) in [6, 6.07) is 9.75. The van der Waals surface area contributed by atoms with Gasteiger partial charge < -0.3 is 25.0 Å². The molecule has 0 aliphatic carbocycles. The van der Waals surface area contributed by atoms with Crippen molar-refractivity contribution in [2.24, 2.45) is 0 Å². The number of hydrogen-bond acceptors (Lipinski definition) is 9. The number of benzene rings is 1. The minimum absolute atomic E-state index is 0.0818. The number of piperidine rings is 1. The monoisotopic (exact) mass is 714 g/mol. The first-order valence-electron chi connectivity index (χ1n) is 18.5. The Labute approximate surface area is 306 Å². The normalized spacial score (nSPS) is 17.9. The predicted octanol–water partition coefficient (Wildman–Crippen LogP) is 7.05. The van der Waals surface area contributed by atoms with Crippen LogP contribution in [-0.2, 0) is 9.47 Å². The molecular formula is C39H54N8O5. The van der Waals surface area contributed by atoms with Crippen molar-refractivity contribution in [1.82, 2.24) is 34.4 Å². The van der Waals surface area contributed by atoms with Gasteiger partial charge in [-0.3, -0.25) is 14.4 Å².